The van der Waals surface area contributed by atoms with Crippen molar-refractivity contribution < 1.29 is 0 Å². The molecule has 3 aromatic rings. The Hall–Kier alpha value is -1.82. The molecule has 0 amide bonds. The number of aryl methyl sites for hydroxylation is 4. The van der Waals surface area contributed by atoms with Crippen LogP contribution in [-0.2, 0) is 25.7 Å². The lowest BCUT2D eigenvalue weighted by molar-refractivity contribution is 0.687. The predicted molar refractivity (Wildman–Crippen MR) is 94.7 cm³/mol. The zero-order valence-corrected chi connectivity index (χ0v) is 13.1. The van der Waals surface area contributed by atoms with Crippen molar-refractivity contribution in [2.24, 2.45) is 0 Å². The first-order chi connectivity index (χ1) is 10.9. The van der Waals surface area contributed by atoms with Gasteiger partial charge in [0.1, 0.15) is 0 Å². The number of hydrogen-bond donors (Lipinski definition) is 0. The van der Waals surface area contributed by atoms with Gasteiger partial charge in [-0.1, -0.05) is 24.3 Å². The summed E-state index contributed by atoms with van der Waals surface area (Å²) in [6.45, 7) is 0. The second kappa shape index (κ2) is 4.84. The van der Waals surface area contributed by atoms with Crippen LogP contribution in [0, 0.1) is 0 Å². The van der Waals surface area contributed by atoms with Crippen molar-refractivity contribution in [1.29, 1.82) is 0 Å². The molecule has 0 aromatic heterocycles. The molecule has 0 nitrogen and oxygen atoms in total. The van der Waals surface area contributed by atoms with Gasteiger partial charge in [-0.25, -0.2) is 0 Å². The second-order valence-electron chi connectivity index (χ2n) is 7.20. The highest BCUT2D eigenvalue weighted by Crippen LogP contribution is 2.32. The summed E-state index contributed by atoms with van der Waals surface area (Å²) in [6.07, 6.45) is 10.5. The molecule has 0 aliphatic heterocycles. The van der Waals surface area contributed by atoms with E-state index >= 15 is 0 Å². The Labute approximate surface area is 132 Å². The molecule has 0 heteroatoms. The summed E-state index contributed by atoms with van der Waals surface area (Å²) in [5, 5.41) is 5.74. The van der Waals surface area contributed by atoms with E-state index in [1.165, 1.54) is 72.9 Å². The van der Waals surface area contributed by atoms with E-state index in [0.717, 1.165) is 0 Å². The van der Waals surface area contributed by atoms with Gasteiger partial charge in [-0.2, -0.15) is 0 Å². The molecule has 0 heterocycles. The van der Waals surface area contributed by atoms with Crippen LogP contribution in [0.25, 0.3) is 21.5 Å². The van der Waals surface area contributed by atoms with Gasteiger partial charge in [-0.05, 0) is 107 Å². The molecule has 2 aliphatic carbocycles. The summed E-state index contributed by atoms with van der Waals surface area (Å²) in [5.41, 5.74) is 6.37. The average Bonchev–Trinajstić information content (AvgIpc) is 2.56. The van der Waals surface area contributed by atoms with Crippen LogP contribution in [0.5, 0.6) is 0 Å². The van der Waals surface area contributed by atoms with Crippen LogP contribution in [0.3, 0.4) is 0 Å². The van der Waals surface area contributed by atoms with Gasteiger partial charge in [0.05, 0.1) is 0 Å². The van der Waals surface area contributed by atoms with Gasteiger partial charge in [0.15, 0.2) is 0 Å². The maximum atomic E-state index is 2.46. The van der Waals surface area contributed by atoms with Crippen LogP contribution in [-0.4, -0.2) is 0 Å². The highest BCUT2D eigenvalue weighted by atomic mass is 14.2. The average molecular weight is 286 g/mol. The fourth-order valence-electron chi connectivity index (χ4n) is 4.48. The molecule has 0 unspecified atom stereocenters. The van der Waals surface area contributed by atoms with Crippen molar-refractivity contribution in [3.05, 3.63) is 58.7 Å². The van der Waals surface area contributed by atoms with Crippen LogP contribution < -0.4 is 0 Å². The van der Waals surface area contributed by atoms with E-state index in [1.807, 2.05) is 0 Å². The first-order valence-electron chi connectivity index (χ1n) is 8.88. The van der Waals surface area contributed by atoms with Crippen LogP contribution >= 0.6 is 0 Å². The van der Waals surface area contributed by atoms with Crippen molar-refractivity contribution >= 4 is 21.5 Å². The van der Waals surface area contributed by atoms with Gasteiger partial charge in [-0.15, -0.1) is 0 Å². The number of benzene rings is 3. The molecule has 22 heavy (non-hydrogen) atoms. The summed E-state index contributed by atoms with van der Waals surface area (Å²) < 4.78 is 0. The molecular formula is C22H22. The zero-order chi connectivity index (χ0) is 14.5. The monoisotopic (exact) mass is 286 g/mol. The molecule has 0 saturated carbocycles. The fraction of sp³-hybridized carbons (Fsp3) is 0.364. The third-order valence-corrected chi connectivity index (χ3v) is 5.72. The minimum absolute atomic E-state index is 1.27. The van der Waals surface area contributed by atoms with Crippen LogP contribution in [0.15, 0.2) is 36.4 Å². The van der Waals surface area contributed by atoms with Crippen molar-refractivity contribution in [3.63, 3.8) is 0 Å². The molecule has 0 N–H and O–H groups in total. The van der Waals surface area contributed by atoms with E-state index in [0.29, 0.717) is 0 Å². The van der Waals surface area contributed by atoms with E-state index in [4.69, 9.17) is 0 Å². The quantitative estimate of drug-likeness (QED) is 0.461. The van der Waals surface area contributed by atoms with Gasteiger partial charge < -0.3 is 0 Å². The van der Waals surface area contributed by atoms with Gasteiger partial charge in [0.25, 0.3) is 0 Å². The summed E-state index contributed by atoms with van der Waals surface area (Å²) >= 11 is 0. The molecular weight excluding hydrogens is 264 g/mol. The first-order valence-corrected chi connectivity index (χ1v) is 8.88. The molecule has 0 atom stereocenters. The third-order valence-electron chi connectivity index (χ3n) is 5.72. The van der Waals surface area contributed by atoms with E-state index in [2.05, 4.69) is 36.4 Å². The summed E-state index contributed by atoms with van der Waals surface area (Å²) in [7, 11) is 0. The SMILES string of the molecule is c1c2c(cc3cc4cc5c(cc4cc13)CCCC5)CCCC2. The second-order valence-corrected chi connectivity index (χ2v) is 7.20. The summed E-state index contributed by atoms with van der Waals surface area (Å²) in [4.78, 5) is 0. The summed E-state index contributed by atoms with van der Waals surface area (Å²) in [6, 6.07) is 14.7. The Morgan fingerprint density at radius 3 is 0.909 bits per heavy atom. The maximum absolute atomic E-state index is 2.46. The number of rotatable bonds is 0. The predicted octanol–water partition coefficient (Wildman–Crippen LogP) is 5.75. The molecule has 0 spiro atoms. The lowest BCUT2D eigenvalue weighted by Crippen LogP contribution is -2.03. The Morgan fingerprint density at radius 1 is 0.364 bits per heavy atom. The molecule has 110 valence electrons. The number of hydrogen-bond acceptors (Lipinski definition) is 0. The number of fused-ring (bicyclic) bond motifs is 4. The Bertz CT molecular complexity index is 741. The Kier molecular flexibility index (Phi) is 2.80. The van der Waals surface area contributed by atoms with Gasteiger partial charge >= 0.3 is 0 Å². The van der Waals surface area contributed by atoms with Crippen LogP contribution in [0.2, 0.25) is 0 Å². The Balaban J connectivity index is 1.76. The van der Waals surface area contributed by atoms with Crippen molar-refractivity contribution in [1.82, 2.24) is 0 Å². The normalized spacial score (nSPS) is 17.5. The Morgan fingerprint density at radius 2 is 0.636 bits per heavy atom. The van der Waals surface area contributed by atoms with E-state index in [1.54, 1.807) is 22.3 Å². The minimum Gasteiger partial charge on any atom is -0.0509 e. The van der Waals surface area contributed by atoms with Crippen LogP contribution in [0.4, 0.5) is 0 Å². The maximum Gasteiger partial charge on any atom is -0.0175 e. The third kappa shape index (κ3) is 1.97. The minimum atomic E-state index is 1.27. The van der Waals surface area contributed by atoms with Crippen molar-refractivity contribution in [2.45, 2.75) is 51.4 Å². The largest absolute Gasteiger partial charge is 0.0509 e. The van der Waals surface area contributed by atoms with E-state index < -0.39 is 0 Å². The molecule has 5 rings (SSSR count). The first kappa shape index (κ1) is 12.7. The standard InChI is InChI=1S/C22H22/c1-2-6-16-10-20-14-22-12-18-8-4-3-7-17(18)11-21(22)13-19(20)9-15(16)5-1/h9-14H,1-8H2. The van der Waals surface area contributed by atoms with Gasteiger partial charge in [0.2, 0.25) is 0 Å². The molecule has 3 aromatic carbocycles. The lowest BCUT2D eigenvalue weighted by Gasteiger charge is -2.19. The van der Waals surface area contributed by atoms with Crippen molar-refractivity contribution in [2.75, 3.05) is 0 Å². The van der Waals surface area contributed by atoms with Crippen molar-refractivity contribution in [3.8, 4) is 0 Å². The van der Waals surface area contributed by atoms with E-state index in [9.17, 15) is 0 Å². The van der Waals surface area contributed by atoms with Crippen LogP contribution in [0.1, 0.15) is 47.9 Å². The zero-order valence-electron chi connectivity index (χ0n) is 13.1. The smallest absolute Gasteiger partial charge is 0.0175 e. The topological polar surface area (TPSA) is 0 Å². The molecule has 0 saturated heterocycles. The highest BCUT2D eigenvalue weighted by Gasteiger charge is 2.13. The highest BCUT2D eigenvalue weighted by molar-refractivity contribution is 5.99. The molecule has 0 radical (unpaired) electrons. The van der Waals surface area contributed by atoms with Gasteiger partial charge in [-0.3, -0.25) is 0 Å². The molecule has 0 bridgehead atoms. The fourth-order valence-corrected chi connectivity index (χ4v) is 4.48. The lowest BCUT2D eigenvalue weighted by atomic mass is 9.86. The summed E-state index contributed by atoms with van der Waals surface area (Å²) in [5.74, 6) is 0. The molecule has 0 fully saturated rings. The van der Waals surface area contributed by atoms with E-state index in [-0.39, 0.29) is 0 Å². The molecule has 2 aliphatic rings. The van der Waals surface area contributed by atoms with Gasteiger partial charge in [0, 0.05) is 0 Å².